The summed E-state index contributed by atoms with van der Waals surface area (Å²) in [6.07, 6.45) is 0. The van der Waals surface area contributed by atoms with Gasteiger partial charge in [0.2, 0.25) is 0 Å². The van der Waals surface area contributed by atoms with Crippen LogP contribution in [-0.4, -0.2) is 31.1 Å². The highest BCUT2D eigenvalue weighted by Gasteiger charge is 2.34. The SMILES string of the molecule is CC(C)(C)[C@H](c1cccc(F)c1Cl)N1CCNCC1.Cl. The maximum atomic E-state index is 13.7. The lowest BCUT2D eigenvalue weighted by Crippen LogP contribution is -2.48. The van der Waals surface area contributed by atoms with E-state index in [-0.39, 0.29) is 34.7 Å². The molecule has 1 heterocycles. The Kier molecular flexibility index (Phi) is 6.26. The van der Waals surface area contributed by atoms with E-state index in [4.69, 9.17) is 11.6 Å². The van der Waals surface area contributed by atoms with Crippen LogP contribution in [0.3, 0.4) is 0 Å². The molecule has 1 aromatic rings. The van der Waals surface area contributed by atoms with Crippen LogP contribution in [0.4, 0.5) is 4.39 Å². The fourth-order valence-electron chi connectivity index (χ4n) is 2.88. The van der Waals surface area contributed by atoms with Crippen LogP contribution in [0.25, 0.3) is 0 Å². The second-order valence-electron chi connectivity index (χ2n) is 6.20. The Bertz CT molecular complexity index is 440. The molecule has 1 atom stereocenters. The average molecular weight is 321 g/mol. The van der Waals surface area contributed by atoms with Crippen molar-refractivity contribution in [2.75, 3.05) is 26.2 Å². The van der Waals surface area contributed by atoms with E-state index in [1.54, 1.807) is 6.07 Å². The van der Waals surface area contributed by atoms with E-state index in [1.807, 2.05) is 6.07 Å². The van der Waals surface area contributed by atoms with Gasteiger partial charge in [0.15, 0.2) is 0 Å². The third-order valence-corrected chi connectivity index (χ3v) is 4.01. The fraction of sp³-hybridized carbons (Fsp3) is 0.600. The molecule has 2 nitrogen and oxygen atoms in total. The highest BCUT2D eigenvalue weighted by Crippen LogP contribution is 2.41. The van der Waals surface area contributed by atoms with Gasteiger partial charge < -0.3 is 5.32 Å². The van der Waals surface area contributed by atoms with Crippen molar-refractivity contribution >= 4 is 24.0 Å². The first-order valence-electron chi connectivity index (χ1n) is 6.80. The zero-order valence-electron chi connectivity index (χ0n) is 12.2. The highest BCUT2D eigenvalue weighted by atomic mass is 35.5. The van der Waals surface area contributed by atoms with Crippen molar-refractivity contribution in [1.82, 2.24) is 10.2 Å². The third-order valence-electron chi connectivity index (χ3n) is 3.61. The van der Waals surface area contributed by atoms with Gasteiger partial charge in [-0.2, -0.15) is 0 Å². The number of hydrogen-bond donors (Lipinski definition) is 1. The molecule has 0 amide bonds. The van der Waals surface area contributed by atoms with Crippen molar-refractivity contribution in [1.29, 1.82) is 0 Å². The van der Waals surface area contributed by atoms with E-state index in [9.17, 15) is 4.39 Å². The van der Waals surface area contributed by atoms with Gasteiger partial charge >= 0.3 is 0 Å². The van der Waals surface area contributed by atoms with Gasteiger partial charge in [-0.1, -0.05) is 44.5 Å². The maximum absolute atomic E-state index is 13.7. The van der Waals surface area contributed by atoms with Crippen LogP contribution < -0.4 is 5.32 Å². The first-order valence-corrected chi connectivity index (χ1v) is 7.18. The molecule has 1 aliphatic heterocycles. The van der Waals surface area contributed by atoms with Gasteiger partial charge in [0.05, 0.1) is 5.02 Å². The van der Waals surface area contributed by atoms with Crippen molar-refractivity contribution in [3.8, 4) is 0 Å². The highest BCUT2D eigenvalue weighted by molar-refractivity contribution is 6.31. The summed E-state index contributed by atoms with van der Waals surface area (Å²) in [5, 5.41) is 3.61. The fourth-order valence-corrected chi connectivity index (χ4v) is 3.11. The Balaban J connectivity index is 0.00000200. The molecule has 114 valence electrons. The van der Waals surface area contributed by atoms with Gasteiger partial charge in [-0.25, -0.2) is 4.39 Å². The van der Waals surface area contributed by atoms with E-state index in [2.05, 4.69) is 31.0 Å². The lowest BCUT2D eigenvalue weighted by Gasteiger charge is -2.43. The van der Waals surface area contributed by atoms with Gasteiger partial charge in [-0.05, 0) is 17.0 Å². The number of benzene rings is 1. The zero-order chi connectivity index (χ0) is 14.0. The minimum absolute atomic E-state index is 0. The molecule has 1 saturated heterocycles. The van der Waals surface area contributed by atoms with Crippen molar-refractivity contribution in [3.63, 3.8) is 0 Å². The van der Waals surface area contributed by atoms with Crippen molar-refractivity contribution in [3.05, 3.63) is 34.6 Å². The molecule has 1 aromatic carbocycles. The molecule has 5 heteroatoms. The summed E-state index contributed by atoms with van der Waals surface area (Å²) in [6, 6.07) is 5.25. The molecule has 0 unspecified atom stereocenters. The number of piperazine rings is 1. The van der Waals surface area contributed by atoms with E-state index < -0.39 is 0 Å². The molecule has 20 heavy (non-hydrogen) atoms. The summed E-state index contributed by atoms with van der Waals surface area (Å²) in [6.45, 7) is 10.4. The molecule has 0 saturated carbocycles. The molecular formula is C15H23Cl2FN2. The van der Waals surface area contributed by atoms with Crippen LogP contribution in [0.1, 0.15) is 32.4 Å². The summed E-state index contributed by atoms with van der Waals surface area (Å²) < 4.78 is 13.7. The van der Waals surface area contributed by atoms with E-state index in [0.717, 1.165) is 31.7 Å². The lowest BCUT2D eigenvalue weighted by molar-refractivity contribution is 0.0861. The first kappa shape index (κ1) is 17.7. The number of nitrogens with one attached hydrogen (secondary N) is 1. The van der Waals surface area contributed by atoms with Gasteiger partial charge in [-0.3, -0.25) is 4.90 Å². The van der Waals surface area contributed by atoms with Crippen LogP contribution in [0.2, 0.25) is 5.02 Å². The van der Waals surface area contributed by atoms with Crippen molar-refractivity contribution in [2.24, 2.45) is 5.41 Å². The Morgan fingerprint density at radius 1 is 1.25 bits per heavy atom. The largest absolute Gasteiger partial charge is 0.314 e. The number of hydrogen-bond acceptors (Lipinski definition) is 2. The van der Waals surface area contributed by atoms with Gasteiger partial charge in [-0.15, -0.1) is 12.4 Å². The first-order chi connectivity index (χ1) is 8.91. The van der Waals surface area contributed by atoms with Crippen LogP contribution >= 0.6 is 24.0 Å². The molecule has 0 radical (unpaired) electrons. The summed E-state index contributed by atoms with van der Waals surface area (Å²) in [5.41, 5.74) is 0.908. The van der Waals surface area contributed by atoms with Crippen LogP contribution in [0.15, 0.2) is 18.2 Å². The topological polar surface area (TPSA) is 15.3 Å². The van der Waals surface area contributed by atoms with Gasteiger partial charge in [0.1, 0.15) is 5.82 Å². The van der Waals surface area contributed by atoms with Crippen molar-refractivity contribution < 1.29 is 4.39 Å². The molecule has 2 rings (SSSR count). The standard InChI is InChI=1S/C15H22ClFN2.ClH/c1-15(2,3)14(19-9-7-18-8-10-19)11-5-4-6-12(17)13(11)16;/h4-6,14,18H,7-10H2,1-3H3;1H/t14-;/m0./s1. The Morgan fingerprint density at radius 3 is 2.40 bits per heavy atom. The Labute approximate surface area is 132 Å². The number of rotatable bonds is 2. The minimum Gasteiger partial charge on any atom is -0.314 e. The summed E-state index contributed by atoms with van der Waals surface area (Å²) in [7, 11) is 0. The van der Waals surface area contributed by atoms with E-state index in [1.165, 1.54) is 6.07 Å². The van der Waals surface area contributed by atoms with Gasteiger partial charge in [0.25, 0.3) is 0 Å². The normalized spacial score (nSPS) is 18.4. The molecule has 0 spiro atoms. The molecule has 1 N–H and O–H groups in total. The van der Waals surface area contributed by atoms with E-state index in [0.29, 0.717) is 0 Å². The molecule has 0 bridgehead atoms. The summed E-state index contributed by atoms with van der Waals surface area (Å²) >= 11 is 6.20. The summed E-state index contributed by atoms with van der Waals surface area (Å²) in [4.78, 5) is 2.40. The monoisotopic (exact) mass is 320 g/mol. The van der Waals surface area contributed by atoms with E-state index >= 15 is 0 Å². The predicted molar refractivity (Wildman–Crippen MR) is 85.3 cm³/mol. The zero-order valence-corrected chi connectivity index (χ0v) is 13.8. The predicted octanol–water partition coefficient (Wildman–Crippen LogP) is 3.89. The lowest BCUT2D eigenvalue weighted by atomic mass is 9.81. The molecule has 0 aromatic heterocycles. The van der Waals surface area contributed by atoms with Crippen LogP contribution in [-0.2, 0) is 0 Å². The maximum Gasteiger partial charge on any atom is 0.142 e. The third kappa shape index (κ3) is 3.85. The minimum atomic E-state index is -0.330. The molecule has 0 aliphatic carbocycles. The van der Waals surface area contributed by atoms with Crippen molar-refractivity contribution in [2.45, 2.75) is 26.8 Å². The smallest absolute Gasteiger partial charge is 0.142 e. The van der Waals surface area contributed by atoms with Gasteiger partial charge in [0, 0.05) is 32.2 Å². The number of nitrogens with zero attached hydrogens (tertiary/aromatic N) is 1. The quantitative estimate of drug-likeness (QED) is 0.889. The Morgan fingerprint density at radius 2 is 1.85 bits per heavy atom. The second kappa shape index (κ2) is 7.08. The average Bonchev–Trinajstić information content (AvgIpc) is 2.35. The molecule has 1 aliphatic rings. The molecular weight excluding hydrogens is 298 g/mol. The van der Waals surface area contributed by atoms with Crippen LogP contribution in [0, 0.1) is 11.2 Å². The second-order valence-corrected chi connectivity index (χ2v) is 6.58. The summed E-state index contributed by atoms with van der Waals surface area (Å²) in [5.74, 6) is -0.330. The van der Waals surface area contributed by atoms with Crippen LogP contribution in [0.5, 0.6) is 0 Å². The number of halogens is 3. The Hall–Kier alpha value is -0.350. The molecule has 1 fully saturated rings.